The predicted octanol–water partition coefficient (Wildman–Crippen LogP) is 2.15. The molecule has 0 radical (unpaired) electrons. The molecular formula is C18H22N4O3. The van der Waals surface area contributed by atoms with Gasteiger partial charge in [-0.1, -0.05) is 23.4 Å². The van der Waals surface area contributed by atoms with E-state index in [1.165, 1.54) is 0 Å². The number of hydrogen-bond acceptors (Lipinski definition) is 6. The lowest BCUT2D eigenvalue weighted by Gasteiger charge is -2.28. The third kappa shape index (κ3) is 3.37. The topological polar surface area (TPSA) is 80.5 Å². The molecule has 1 aromatic carbocycles. The fraction of sp³-hybridized carbons (Fsp3) is 0.500. The van der Waals surface area contributed by atoms with E-state index in [1.807, 2.05) is 24.3 Å². The van der Waals surface area contributed by atoms with Gasteiger partial charge >= 0.3 is 0 Å². The van der Waals surface area contributed by atoms with Crippen molar-refractivity contribution in [1.29, 1.82) is 0 Å². The van der Waals surface area contributed by atoms with Crippen molar-refractivity contribution < 1.29 is 14.1 Å². The number of aromatic nitrogens is 2. The first kappa shape index (κ1) is 16.1. The van der Waals surface area contributed by atoms with Crippen molar-refractivity contribution >= 4 is 5.91 Å². The first-order chi connectivity index (χ1) is 12.2. The fourth-order valence-corrected chi connectivity index (χ4v) is 3.67. The van der Waals surface area contributed by atoms with Gasteiger partial charge in [0, 0.05) is 18.9 Å². The molecule has 1 fully saturated rings. The van der Waals surface area contributed by atoms with Crippen molar-refractivity contribution in [3.63, 3.8) is 0 Å². The van der Waals surface area contributed by atoms with Gasteiger partial charge in [0.15, 0.2) is 5.82 Å². The zero-order valence-corrected chi connectivity index (χ0v) is 14.3. The van der Waals surface area contributed by atoms with E-state index in [-0.39, 0.29) is 18.0 Å². The highest BCUT2D eigenvalue weighted by Gasteiger charge is 2.32. The van der Waals surface area contributed by atoms with Crippen LogP contribution in [0.3, 0.4) is 0 Å². The number of nitrogens with zero attached hydrogens (tertiary/aromatic N) is 3. The van der Waals surface area contributed by atoms with Crippen LogP contribution in [0.4, 0.5) is 0 Å². The van der Waals surface area contributed by atoms with Gasteiger partial charge in [0.1, 0.15) is 5.75 Å². The van der Waals surface area contributed by atoms with Crippen LogP contribution < -0.4 is 10.1 Å². The van der Waals surface area contributed by atoms with Gasteiger partial charge in [-0.25, -0.2) is 0 Å². The van der Waals surface area contributed by atoms with E-state index in [2.05, 4.69) is 20.4 Å². The summed E-state index contributed by atoms with van der Waals surface area (Å²) in [5.41, 5.74) is 1.05. The van der Waals surface area contributed by atoms with Crippen molar-refractivity contribution in [3.05, 3.63) is 41.5 Å². The number of likely N-dealkylation sites (tertiary alicyclic amines) is 1. The van der Waals surface area contributed by atoms with E-state index in [0.717, 1.165) is 37.1 Å². The van der Waals surface area contributed by atoms with Crippen LogP contribution in [-0.4, -0.2) is 40.6 Å². The molecule has 1 amide bonds. The number of hydrogen-bond donors (Lipinski definition) is 1. The molecule has 4 rings (SSSR count). The molecule has 0 spiro atoms. The Bertz CT molecular complexity index is 760. The van der Waals surface area contributed by atoms with Crippen molar-refractivity contribution in [3.8, 4) is 5.75 Å². The van der Waals surface area contributed by atoms with Crippen LogP contribution in [0, 0.1) is 6.92 Å². The minimum absolute atomic E-state index is 0.00548. The number of amides is 1. The maximum Gasteiger partial charge on any atom is 0.234 e. The molecule has 0 bridgehead atoms. The number of benzene rings is 1. The zero-order chi connectivity index (χ0) is 17.2. The summed E-state index contributed by atoms with van der Waals surface area (Å²) in [6.07, 6.45) is 2.77. The maximum atomic E-state index is 12.6. The van der Waals surface area contributed by atoms with Crippen LogP contribution >= 0.6 is 0 Å². The van der Waals surface area contributed by atoms with Crippen LogP contribution in [0.15, 0.2) is 28.8 Å². The van der Waals surface area contributed by atoms with E-state index < -0.39 is 0 Å². The third-order valence-corrected chi connectivity index (χ3v) is 4.85. The molecule has 0 unspecified atom stereocenters. The number of ether oxygens (including phenoxy) is 1. The summed E-state index contributed by atoms with van der Waals surface area (Å²) in [6.45, 7) is 3.62. The van der Waals surface area contributed by atoms with Crippen molar-refractivity contribution in [2.24, 2.45) is 0 Å². The first-order valence-corrected chi connectivity index (χ1v) is 8.76. The lowest BCUT2D eigenvalue weighted by Crippen LogP contribution is -2.40. The SMILES string of the molecule is Cc1nc([C@@H]2CCCN2CC(=O)N[C@@H]2CCOc3ccccc32)no1. The summed E-state index contributed by atoms with van der Waals surface area (Å²) < 4.78 is 10.7. The lowest BCUT2D eigenvalue weighted by molar-refractivity contribution is -0.123. The Labute approximate surface area is 146 Å². The van der Waals surface area contributed by atoms with Gasteiger partial charge in [-0.2, -0.15) is 4.98 Å². The Morgan fingerprint density at radius 3 is 3.08 bits per heavy atom. The minimum Gasteiger partial charge on any atom is -0.493 e. The van der Waals surface area contributed by atoms with Gasteiger partial charge in [0.05, 0.1) is 25.2 Å². The lowest BCUT2D eigenvalue weighted by atomic mass is 10.0. The number of rotatable bonds is 4. The average molecular weight is 342 g/mol. The molecular weight excluding hydrogens is 320 g/mol. The van der Waals surface area contributed by atoms with E-state index in [4.69, 9.17) is 9.26 Å². The summed E-state index contributed by atoms with van der Waals surface area (Å²) >= 11 is 0. The normalized spacial score (nSPS) is 23.1. The minimum atomic E-state index is 0.00548. The fourth-order valence-electron chi connectivity index (χ4n) is 3.67. The Hall–Kier alpha value is -2.41. The van der Waals surface area contributed by atoms with Crippen molar-refractivity contribution in [2.75, 3.05) is 19.7 Å². The van der Waals surface area contributed by atoms with Gasteiger partial charge in [0.2, 0.25) is 11.8 Å². The highest BCUT2D eigenvalue weighted by molar-refractivity contribution is 5.78. The van der Waals surface area contributed by atoms with Gasteiger partial charge in [0.25, 0.3) is 0 Å². The maximum absolute atomic E-state index is 12.6. The van der Waals surface area contributed by atoms with E-state index in [0.29, 0.717) is 24.9 Å². The van der Waals surface area contributed by atoms with Gasteiger partial charge < -0.3 is 14.6 Å². The number of carbonyl (C=O) groups is 1. The number of nitrogens with one attached hydrogen (secondary N) is 1. The molecule has 2 atom stereocenters. The predicted molar refractivity (Wildman–Crippen MR) is 90.0 cm³/mol. The first-order valence-electron chi connectivity index (χ1n) is 8.76. The van der Waals surface area contributed by atoms with E-state index >= 15 is 0 Å². The largest absolute Gasteiger partial charge is 0.493 e. The van der Waals surface area contributed by atoms with Crippen molar-refractivity contribution in [2.45, 2.75) is 38.3 Å². The molecule has 25 heavy (non-hydrogen) atoms. The molecule has 1 aromatic heterocycles. The highest BCUT2D eigenvalue weighted by atomic mass is 16.5. The second-order valence-corrected chi connectivity index (χ2v) is 6.60. The van der Waals surface area contributed by atoms with Crippen LogP contribution in [0.25, 0.3) is 0 Å². The summed E-state index contributed by atoms with van der Waals surface area (Å²) in [7, 11) is 0. The van der Waals surface area contributed by atoms with Gasteiger partial charge in [-0.05, 0) is 25.5 Å². The highest BCUT2D eigenvalue weighted by Crippen LogP contribution is 2.32. The molecule has 2 aliphatic heterocycles. The molecule has 2 aliphatic rings. The van der Waals surface area contributed by atoms with Crippen LogP contribution in [0.2, 0.25) is 0 Å². The second-order valence-electron chi connectivity index (χ2n) is 6.60. The van der Waals surface area contributed by atoms with Gasteiger partial charge in [-0.3, -0.25) is 9.69 Å². The van der Waals surface area contributed by atoms with Gasteiger partial charge in [-0.15, -0.1) is 0 Å². The second kappa shape index (κ2) is 6.84. The standard InChI is InChI=1S/C18H22N4O3/c1-12-19-18(21-25-12)15-6-4-9-22(15)11-17(23)20-14-8-10-24-16-7-3-2-5-13(14)16/h2-3,5,7,14-15H,4,6,8-11H2,1H3,(H,20,23)/t14-,15+/m1/s1. The Kier molecular flexibility index (Phi) is 4.40. The van der Waals surface area contributed by atoms with Crippen LogP contribution in [0.5, 0.6) is 5.75 Å². The monoisotopic (exact) mass is 342 g/mol. The van der Waals surface area contributed by atoms with E-state index in [1.54, 1.807) is 6.92 Å². The molecule has 1 saturated heterocycles. The molecule has 1 N–H and O–H groups in total. The molecule has 2 aromatic rings. The average Bonchev–Trinajstić information content (AvgIpc) is 3.24. The van der Waals surface area contributed by atoms with Crippen molar-refractivity contribution in [1.82, 2.24) is 20.4 Å². The summed E-state index contributed by atoms with van der Waals surface area (Å²) in [5.74, 6) is 2.12. The van der Waals surface area contributed by atoms with Crippen LogP contribution in [-0.2, 0) is 4.79 Å². The van der Waals surface area contributed by atoms with Crippen LogP contribution in [0.1, 0.15) is 48.6 Å². The molecule has 7 heteroatoms. The Morgan fingerprint density at radius 2 is 2.24 bits per heavy atom. The van der Waals surface area contributed by atoms with E-state index in [9.17, 15) is 4.79 Å². The molecule has 3 heterocycles. The molecule has 7 nitrogen and oxygen atoms in total. The number of fused-ring (bicyclic) bond motifs is 1. The smallest absolute Gasteiger partial charge is 0.234 e. The summed E-state index contributed by atoms with van der Waals surface area (Å²) in [5, 5.41) is 7.18. The number of carbonyl (C=O) groups excluding carboxylic acids is 1. The molecule has 0 aliphatic carbocycles. The quantitative estimate of drug-likeness (QED) is 0.917. The number of para-hydroxylation sites is 1. The Balaban J connectivity index is 1.41. The number of aryl methyl sites for hydroxylation is 1. The Morgan fingerprint density at radius 1 is 1.36 bits per heavy atom. The summed E-state index contributed by atoms with van der Waals surface area (Å²) in [6, 6.07) is 7.95. The zero-order valence-electron chi connectivity index (χ0n) is 14.3. The third-order valence-electron chi connectivity index (χ3n) is 4.85. The summed E-state index contributed by atoms with van der Waals surface area (Å²) in [4.78, 5) is 19.1. The molecule has 132 valence electrons. The molecule has 0 saturated carbocycles.